The van der Waals surface area contributed by atoms with Gasteiger partial charge >= 0.3 is 0 Å². The fourth-order valence-electron chi connectivity index (χ4n) is 2.39. The minimum atomic E-state index is 0.647. The van der Waals surface area contributed by atoms with Crippen molar-refractivity contribution in [3.8, 4) is 0 Å². The summed E-state index contributed by atoms with van der Waals surface area (Å²) in [4.78, 5) is 2.52. The van der Waals surface area contributed by atoms with Crippen LogP contribution >= 0.6 is 0 Å². The molecule has 0 aromatic heterocycles. The summed E-state index contributed by atoms with van der Waals surface area (Å²) in [6, 6.07) is 11.0. The molecule has 0 saturated carbocycles. The van der Waals surface area contributed by atoms with Gasteiger partial charge in [0.25, 0.3) is 0 Å². The summed E-state index contributed by atoms with van der Waals surface area (Å²) in [5.41, 5.74) is 1.27. The maximum absolute atomic E-state index is 5.79. The van der Waals surface area contributed by atoms with Gasteiger partial charge in [-0.15, -0.1) is 0 Å². The zero-order valence-corrected chi connectivity index (χ0v) is 10.1. The van der Waals surface area contributed by atoms with E-state index in [0.717, 1.165) is 19.8 Å². The van der Waals surface area contributed by atoms with E-state index in [1.165, 1.54) is 24.9 Å². The summed E-state index contributed by atoms with van der Waals surface area (Å²) in [5.74, 6) is 0. The highest BCUT2D eigenvalue weighted by molar-refractivity contribution is 5.13. The lowest BCUT2D eigenvalue weighted by Gasteiger charge is -2.22. The number of benzene rings is 1. The third kappa shape index (κ3) is 3.06. The van der Waals surface area contributed by atoms with Crippen LogP contribution in [0.25, 0.3) is 0 Å². The van der Waals surface area contributed by atoms with Crippen molar-refractivity contribution >= 4 is 0 Å². The minimum absolute atomic E-state index is 0.647. The van der Waals surface area contributed by atoms with Crippen LogP contribution < -0.4 is 0 Å². The molecule has 2 nitrogen and oxygen atoms in total. The van der Waals surface area contributed by atoms with Crippen LogP contribution in [0.5, 0.6) is 0 Å². The summed E-state index contributed by atoms with van der Waals surface area (Å²) in [5, 5.41) is 0. The predicted octanol–water partition coefficient (Wildman–Crippen LogP) is 2.69. The molecule has 1 aromatic carbocycles. The first-order valence-corrected chi connectivity index (χ1v) is 6.26. The van der Waals surface area contributed by atoms with E-state index in [1.54, 1.807) is 0 Å². The quantitative estimate of drug-likeness (QED) is 0.755. The van der Waals surface area contributed by atoms with Gasteiger partial charge in [0, 0.05) is 6.04 Å². The number of hydrogen-bond acceptors (Lipinski definition) is 2. The van der Waals surface area contributed by atoms with Gasteiger partial charge in [0.2, 0.25) is 0 Å². The van der Waals surface area contributed by atoms with E-state index in [4.69, 9.17) is 4.74 Å². The zero-order valence-electron chi connectivity index (χ0n) is 10.1. The molecule has 0 radical (unpaired) electrons. The van der Waals surface area contributed by atoms with Crippen LogP contribution in [0.1, 0.15) is 25.3 Å². The highest BCUT2D eigenvalue weighted by atomic mass is 16.5. The lowest BCUT2D eigenvalue weighted by molar-refractivity contribution is 0.0686. The summed E-state index contributed by atoms with van der Waals surface area (Å²) < 4.78 is 5.79. The number of ether oxygens (including phenoxy) is 1. The summed E-state index contributed by atoms with van der Waals surface area (Å²) in [6.45, 7) is 6.25. The average Bonchev–Trinajstić information content (AvgIpc) is 2.78. The molecule has 0 N–H and O–H groups in total. The molecule has 88 valence electrons. The zero-order chi connectivity index (χ0) is 11.2. The third-order valence-electron chi connectivity index (χ3n) is 3.33. The standard InChI is InChI=1S/C14H21NO/c1-2-15-10-6-9-14(15)12-16-11-13-7-4-3-5-8-13/h3-5,7-8,14H,2,6,9-12H2,1H3/t14-/m1/s1. The van der Waals surface area contributed by atoms with Gasteiger partial charge in [0.1, 0.15) is 0 Å². The molecule has 2 rings (SSSR count). The van der Waals surface area contributed by atoms with Crippen molar-refractivity contribution in [1.82, 2.24) is 4.90 Å². The molecule has 0 bridgehead atoms. The molecule has 1 saturated heterocycles. The van der Waals surface area contributed by atoms with E-state index in [2.05, 4.69) is 36.1 Å². The van der Waals surface area contributed by atoms with Gasteiger partial charge in [-0.1, -0.05) is 37.3 Å². The molecule has 0 amide bonds. The van der Waals surface area contributed by atoms with E-state index < -0.39 is 0 Å². The van der Waals surface area contributed by atoms with Crippen LogP contribution in [0.2, 0.25) is 0 Å². The molecule has 1 atom stereocenters. The van der Waals surface area contributed by atoms with Crippen LogP contribution in [-0.2, 0) is 11.3 Å². The van der Waals surface area contributed by atoms with Gasteiger partial charge in [-0.25, -0.2) is 0 Å². The molecule has 1 aliphatic heterocycles. The highest BCUT2D eigenvalue weighted by Crippen LogP contribution is 2.17. The lowest BCUT2D eigenvalue weighted by Crippen LogP contribution is -2.32. The number of rotatable bonds is 5. The third-order valence-corrected chi connectivity index (χ3v) is 3.33. The van der Waals surface area contributed by atoms with Crippen LogP contribution in [0.3, 0.4) is 0 Å². The lowest BCUT2D eigenvalue weighted by atomic mass is 10.2. The van der Waals surface area contributed by atoms with Crippen LogP contribution in [0.15, 0.2) is 30.3 Å². The molecular formula is C14H21NO. The Hall–Kier alpha value is -0.860. The van der Waals surface area contributed by atoms with Crippen molar-refractivity contribution < 1.29 is 4.74 Å². The van der Waals surface area contributed by atoms with E-state index in [1.807, 2.05) is 6.07 Å². The fourth-order valence-corrected chi connectivity index (χ4v) is 2.39. The normalized spacial score (nSPS) is 21.4. The molecule has 1 heterocycles. The van der Waals surface area contributed by atoms with Gasteiger partial charge in [0.05, 0.1) is 13.2 Å². The Kier molecular flexibility index (Phi) is 4.37. The SMILES string of the molecule is CCN1CCC[C@@H]1COCc1ccccc1. The second-order valence-electron chi connectivity index (χ2n) is 4.43. The largest absolute Gasteiger partial charge is 0.375 e. The molecule has 16 heavy (non-hydrogen) atoms. The molecule has 2 heteroatoms. The number of nitrogens with zero attached hydrogens (tertiary/aromatic N) is 1. The Labute approximate surface area is 98.2 Å². The number of hydrogen-bond donors (Lipinski definition) is 0. The maximum Gasteiger partial charge on any atom is 0.0717 e. The number of likely N-dealkylation sites (tertiary alicyclic amines) is 1. The Bertz CT molecular complexity index is 299. The summed E-state index contributed by atoms with van der Waals surface area (Å²) in [6.07, 6.45) is 2.62. The first-order valence-electron chi connectivity index (χ1n) is 6.26. The Balaban J connectivity index is 1.72. The molecule has 1 aromatic rings. The Morgan fingerprint density at radius 1 is 1.31 bits per heavy atom. The van der Waals surface area contributed by atoms with E-state index in [0.29, 0.717) is 6.04 Å². The van der Waals surface area contributed by atoms with E-state index >= 15 is 0 Å². The van der Waals surface area contributed by atoms with Crippen LogP contribution in [0.4, 0.5) is 0 Å². The summed E-state index contributed by atoms with van der Waals surface area (Å²) in [7, 11) is 0. The van der Waals surface area contributed by atoms with E-state index in [9.17, 15) is 0 Å². The van der Waals surface area contributed by atoms with Crippen molar-refractivity contribution in [2.24, 2.45) is 0 Å². The highest BCUT2D eigenvalue weighted by Gasteiger charge is 2.22. The Morgan fingerprint density at radius 2 is 2.12 bits per heavy atom. The van der Waals surface area contributed by atoms with Gasteiger partial charge in [0.15, 0.2) is 0 Å². The molecule has 0 unspecified atom stereocenters. The van der Waals surface area contributed by atoms with Gasteiger partial charge < -0.3 is 4.74 Å². The predicted molar refractivity (Wildman–Crippen MR) is 66.4 cm³/mol. The smallest absolute Gasteiger partial charge is 0.0717 e. The molecule has 0 spiro atoms. The van der Waals surface area contributed by atoms with Gasteiger partial charge in [-0.3, -0.25) is 4.90 Å². The molecule has 1 fully saturated rings. The molecule has 0 aliphatic carbocycles. The van der Waals surface area contributed by atoms with Crippen LogP contribution in [0, 0.1) is 0 Å². The second kappa shape index (κ2) is 6.02. The Morgan fingerprint density at radius 3 is 2.88 bits per heavy atom. The minimum Gasteiger partial charge on any atom is -0.375 e. The fraction of sp³-hybridized carbons (Fsp3) is 0.571. The molecule has 1 aliphatic rings. The monoisotopic (exact) mass is 219 g/mol. The van der Waals surface area contributed by atoms with Crippen molar-refractivity contribution in [2.45, 2.75) is 32.4 Å². The topological polar surface area (TPSA) is 12.5 Å². The van der Waals surface area contributed by atoms with Gasteiger partial charge in [-0.2, -0.15) is 0 Å². The molecular weight excluding hydrogens is 198 g/mol. The maximum atomic E-state index is 5.79. The first kappa shape index (κ1) is 11.6. The van der Waals surface area contributed by atoms with Crippen molar-refractivity contribution in [2.75, 3.05) is 19.7 Å². The summed E-state index contributed by atoms with van der Waals surface area (Å²) >= 11 is 0. The van der Waals surface area contributed by atoms with Crippen molar-refractivity contribution in [3.05, 3.63) is 35.9 Å². The average molecular weight is 219 g/mol. The van der Waals surface area contributed by atoms with E-state index in [-0.39, 0.29) is 0 Å². The second-order valence-corrected chi connectivity index (χ2v) is 4.43. The van der Waals surface area contributed by atoms with Crippen LogP contribution in [-0.4, -0.2) is 30.6 Å². The van der Waals surface area contributed by atoms with Crippen molar-refractivity contribution in [1.29, 1.82) is 0 Å². The van der Waals surface area contributed by atoms with Gasteiger partial charge in [-0.05, 0) is 31.5 Å². The first-order chi connectivity index (χ1) is 7.90. The number of likely N-dealkylation sites (N-methyl/N-ethyl adjacent to an activating group) is 1. The van der Waals surface area contributed by atoms with Crippen molar-refractivity contribution in [3.63, 3.8) is 0 Å².